The maximum Gasteiger partial charge on any atom is 0.289 e. The second-order valence-corrected chi connectivity index (χ2v) is 6.80. The lowest BCUT2D eigenvalue weighted by Gasteiger charge is -2.31. The number of amides is 2. The minimum atomic E-state index is -0.0804. The van der Waals surface area contributed by atoms with Crippen molar-refractivity contribution in [1.29, 1.82) is 0 Å². The lowest BCUT2D eigenvalue weighted by Crippen LogP contribution is -2.44. The van der Waals surface area contributed by atoms with Crippen LogP contribution in [0.2, 0.25) is 0 Å². The highest BCUT2D eigenvalue weighted by atomic mass is 16.3. The third-order valence-corrected chi connectivity index (χ3v) is 4.76. The average molecular weight is 334 g/mol. The molecule has 1 fully saturated rings. The van der Waals surface area contributed by atoms with Crippen LogP contribution in [0.15, 0.2) is 22.8 Å². The largest absolute Gasteiger partial charge is 0.459 e. The summed E-state index contributed by atoms with van der Waals surface area (Å²) in [5, 5.41) is 3.14. The predicted octanol–water partition coefficient (Wildman–Crippen LogP) is 3.61. The summed E-state index contributed by atoms with van der Waals surface area (Å²) >= 11 is 0. The molecule has 1 aliphatic heterocycles. The van der Waals surface area contributed by atoms with Crippen LogP contribution in [0.5, 0.6) is 0 Å². The van der Waals surface area contributed by atoms with Crippen LogP contribution in [0.4, 0.5) is 0 Å². The molecule has 134 valence electrons. The van der Waals surface area contributed by atoms with Gasteiger partial charge in [0.1, 0.15) is 0 Å². The first-order chi connectivity index (χ1) is 11.6. The number of hydrogen-bond acceptors (Lipinski definition) is 3. The molecule has 0 radical (unpaired) electrons. The lowest BCUT2D eigenvalue weighted by molar-refractivity contribution is -0.126. The van der Waals surface area contributed by atoms with E-state index in [0.717, 1.165) is 19.3 Å². The third-order valence-electron chi connectivity index (χ3n) is 4.76. The van der Waals surface area contributed by atoms with Crippen LogP contribution >= 0.6 is 0 Å². The highest BCUT2D eigenvalue weighted by Crippen LogP contribution is 2.20. The van der Waals surface area contributed by atoms with E-state index >= 15 is 0 Å². The lowest BCUT2D eigenvalue weighted by atomic mass is 9.95. The van der Waals surface area contributed by atoms with E-state index in [1.807, 2.05) is 0 Å². The van der Waals surface area contributed by atoms with Crippen LogP contribution in [0.1, 0.15) is 69.3 Å². The van der Waals surface area contributed by atoms with Gasteiger partial charge in [0, 0.05) is 25.0 Å². The van der Waals surface area contributed by atoms with E-state index in [2.05, 4.69) is 19.2 Å². The number of likely N-dealkylation sites (tertiary alicyclic amines) is 1. The SMILES string of the molecule is CCCCCC[C@H](C)NC(=O)C1CCN(C(=O)c2ccco2)CC1. The fourth-order valence-electron chi connectivity index (χ4n) is 3.21. The van der Waals surface area contributed by atoms with E-state index in [9.17, 15) is 9.59 Å². The van der Waals surface area contributed by atoms with Crippen molar-refractivity contribution in [3.05, 3.63) is 24.2 Å². The average Bonchev–Trinajstić information content (AvgIpc) is 3.13. The van der Waals surface area contributed by atoms with E-state index in [1.54, 1.807) is 17.0 Å². The number of nitrogens with one attached hydrogen (secondary N) is 1. The molecule has 0 aromatic carbocycles. The zero-order valence-electron chi connectivity index (χ0n) is 14.9. The summed E-state index contributed by atoms with van der Waals surface area (Å²) in [4.78, 5) is 26.4. The van der Waals surface area contributed by atoms with Crippen LogP contribution in [-0.4, -0.2) is 35.8 Å². The van der Waals surface area contributed by atoms with E-state index in [-0.39, 0.29) is 23.8 Å². The van der Waals surface area contributed by atoms with Gasteiger partial charge in [0.25, 0.3) is 5.91 Å². The van der Waals surface area contributed by atoms with Gasteiger partial charge in [-0.3, -0.25) is 9.59 Å². The van der Waals surface area contributed by atoms with Crippen LogP contribution in [0.3, 0.4) is 0 Å². The van der Waals surface area contributed by atoms with Crippen molar-refractivity contribution < 1.29 is 14.0 Å². The molecule has 0 bridgehead atoms. The van der Waals surface area contributed by atoms with Crippen molar-refractivity contribution in [2.24, 2.45) is 5.92 Å². The van der Waals surface area contributed by atoms with E-state index < -0.39 is 0 Å². The van der Waals surface area contributed by atoms with Gasteiger partial charge < -0.3 is 14.6 Å². The fourth-order valence-corrected chi connectivity index (χ4v) is 3.21. The Hall–Kier alpha value is -1.78. The number of nitrogens with zero attached hydrogens (tertiary/aromatic N) is 1. The van der Waals surface area contributed by atoms with Crippen molar-refractivity contribution in [3.8, 4) is 0 Å². The Kier molecular flexibility index (Phi) is 7.35. The third kappa shape index (κ3) is 5.39. The summed E-state index contributed by atoms with van der Waals surface area (Å²) in [6, 6.07) is 3.63. The summed E-state index contributed by atoms with van der Waals surface area (Å²) in [6.45, 7) is 5.51. The summed E-state index contributed by atoms with van der Waals surface area (Å²) < 4.78 is 5.16. The summed E-state index contributed by atoms with van der Waals surface area (Å²) in [5.41, 5.74) is 0. The molecule has 2 amide bonds. The van der Waals surface area contributed by atoms with Crippen molar-refractivity contribution >= 4 is 11.8 Å². The summed E-state index contributed by atoms with van der Waals surface area (Å²) in [5.74, 6) is 0.452. The predicted molar refractivity (Wildman–Crippen MR) is 93.7 cm³/mol. The normalized spacial score (nSPS) is 16.8. The maximum atomic E-state index is 12.4. The minimum absolute atomic E-state index is 0.0174. The molecule has 0 spiro atoms. The number of hydrogen-bond donors (Lipinski definition) is 1. The Balaban J connectivity index is 1.69. The molecule has 2 rings (SSSR count). The van der Waals surface area contributed by atoms with E-state index in [0.29, 0.717) is 18.8 Å². The molecule has 5 nitrogen and oxygen atoms in total. The molecule has 2 heterocycles. The molecular weight excluding hydrogens is 304 g/mol. The number of furan rings is 1. The van der Waals surface area contributed by atoms with Crippen molar-refractivity contribution in [3.63, 3.8) is 0 Å². The Labute approximate surface area is 144 Å². The van der Waals surface area contributed by atoms with Crippen molar-refractivity contribution in [1.82, 2.24) is 10.2 Å². The molecule has 1 aliphatic rings. The second-order valence-electron chi connectivity index (χ2n) is 6.80. The molecule has 0 aliphatic carbocycles. The highest BCUT2D eigenvalue weighted by Gasteiger charge is 2.29. The molecule has 1 atom stereocenters. The molecule has 1 saturated heterocycles. The summed E-state index contributed by atoms with van der Waals surface area (Å²) in [7, 11) is 0. The minimum Gasteiger partial charge on any atom is -0.459 e. The van der Waals surface area contributed by atoms with Crippen LogP contribution in [0.25, 0.3) is 0 Å². The first-order valence-corrected chi connectivity index (χ1v) is 9.25. The Morgan fingerprint density at radius 2 is 2.04 bits per heavy atom. The van der Waals surface area contributed by atoms with Gasteiger partial charge in [-0.15, -0.1) is 0 Å². The highest BCUT2D eigenvalue weighted by molar-refractivity contribution is 5.91. The van der Waals surface area contributed by atoms with Gasteiger partial charge in [0.05, 0.1) is 6.26 Å². The standard InChI is InChI=1S/C19H30N2O3/c1-3-4-5-6-8-15(2)20-18(22)16-10-12-21(13-11-16)19(23)17-9-7-14-24-17/h7,9,14-16H,3-6,8,10-13H2,1-2H3,(H,20,22)/t15-/m0/s1. The van der Waals surface area contributed by atoms with E-state index in [4.69, 9.17) is 4.42 Å². The van der Waals surface area contributed by atoms with Gasteiger partial charge in [-0.2, -0.15) is 0 Å². The quantitative estimate of drug-likeness (QED) is 0.739. The van der Waals surface area contributed by atoms with Crippen LogP contribution in [-0.2, 0) is 4.79 Å². The monoisotopic (exact) mass is 334 g/mol. The topological polar surface area (TPSA) is 62.6 Å². The first-order valence-electron chi connectivity index (χ1n) is 9.25. The number of unbranched alkanes of at least 4 members (excludes halogenated alkanes) is 3. The van der Waals surface area contributed by atoms with Crippen LogP contribution in [0, 0.1) is 5.92 Å². The first kappa shape index (κ1) is 18.6. The van der Waals surface area contributed by atoms with Crippen LogP contribution < -0.4 is 5.32 Å². The summed E-state index contributed by atoms with van der Waals surface area (Å²) in [6.07, 6.45) is 8.91. The Bertz CT molecular complexity index is 505. The number of rotatable bonds is 8. The molecule has 24 heavy (non-hydrogen) atoms. The Morgan fingerprint density at radius 1 is 1.29 bits per heavy atom. The smallest absolute Gasteiger partial charge is 0.289 e. The van der Waals surface area contributed by atoms with Gasteiger partial charge in [-0.05, 0) is 38.3 Å². The second kappa shape index (κ2) is 9.50. The Morgan fingerprint density at radius 3 is 2.67 bits per heavy atom. The molecule has 1 aromatic rings. The molecule has 5 heteroatoms. The van der Waals surface area contributed by atoms with E-state index in [1.165, 1.54) is 31.9 Å². The number of carbonyl (C=O) groups excluding carboxylic acids is 2. The van der Waals surface area contributed by atoms with Gasteiger partial charge in [-0.1, -0.05) is 32.6 Å². The fraction of sp³-hybridized carbons (Fsp3) is 0.684. The van der Waals surface area contributed by atoms with Gasteiger partial charge >= 0.3 is 0 Å². The maximum absolute atomic E-state index is 12.4. The number of carbonyl (C=O) groups is 2. The zero-order chi connectivity index (χ0) is 17.4. The van der Waals surface area contributed by atoms with Crippen molar-refractivity contribution in [2.45, 2.75) is 64.8 Å². The zero-order valence-corrected chi connectivity index (χ0v) is 14.9. The molecule has 1 aromatic heterocycles. The van der Waals surface area contributed by atoms with Gasteiger partial charge in [0.15, 0.2) is 5.76 Å². The molecule has 1 N–H and O–H groups in total. The molecular formula is C19H30N2O3. The molecule has 0 saturated carbocycles. The van der Waals surface area contributed by atoms with Gasteiger partial charge in [0.2, 0.25) is 5.91 Å². The number of piperidine rings is 1. The van der Waals surface area contributed by atoms with Gasteiger partial charge in [-0.25, -0.2) is 0 Å². The molecule has 0 unspecified atom stereocenters. The van der Waals surface area contributed by atoms with Crippen molar-refractivity contribution in [2.75, 3.05) is 13.1 Å².